The summed E-state index contributed by atoms with van der Waals surface area (Å²) in [4.78, 5) is 6.44. The molecule has 0 aliphatic rings. The summed E-state index contributed by atoms with van der Waals surface area (Å²) in [5.74, 6) is 0.821. The summed E-state index contributed by atoms with van der Waals surface area (Å²) in [6, 6.07) is 7.93. The molecule has 0 atom stereocenters. The van der Waals surface area contributed by atoms with E-state index >= 15 is 0 Å². The number of methoxy groups -OCH3 is 1. The largest absolute Gasteiger partial charge is 0.383 e. The number of halogens is 2. The van der Waals surface area contributed by atoms with Gasteiger partial charge in [0.15, 0.2) is 5.96 Å². The van der Waals surface area contributed by atoms with Crippen molar-refractivity contribution in [2.24, 2.45) is 4.99 Å². The van der Waals surface area contributed by atoms with E-state index in [0.29, 0.717) is 0 Å². The van der Waals surface area contributed by atoms with Gasteiger partial charge < -0.3 is 20.3 Å². The molecule has 0 aliphatic carbocycles. The van der Waals surface area contributed by atoms with Crippen LogP contribution in [0.25, 0.3) is 0 Å². The first-order chi connectivity index (χ1) is 10.7. The molecule has 0 radical (unpaired) electrons. The third kappa shape index (κ3) is 10.8. The monoisotopic (exact) mass is 454 g/mol. The number of hydrogen-bond acceptors (Lipinski definition) is 3. The van der Waals surface area contributed by atoms with Crippen molar-refractivity contribution < 1.29 is 4.74 Å². The van der Waals surface area contributed by atoms with E-state index < -0.39 is 0 Å². The van der Waals surface area contributed by atoms with Crippen molar-refractivity contribution in [2.45, 2.75) is 6.42 Å². The van der Waals surface area contributed by atoms with Crippen molar-refractivity contribution in [1.29, 1.82) is 0 Å². The van der Waals surface area contributed by atoms with Gasteiger partial charge in [0.2, 0.25) is 0 Å². The van der Waals surface area contributed by atoms with Gasteiger partial charge in [-0.3, -0.25) is 4.99 Å². The van der Waals surface area contributed by atoms with Gasteiger partial charge in [-0.05, 0) is 31.2 Å². The van der Waals surface area contributed by atoms with Crippen LogP contribution < -0.4 is 10.6 Å². The van der Waals surface area contributed by atoms with Crippen LogP contribution in [0.5, 0.6) is 0 Å². The third-order valence-corrected chi connectivity index (χ3v) is 3.52. The van der Waals surface area contributed by atoms with Crippen molar-refractivity contribution in [3.63, 3.8) is 0 Å². The minimum atomic E-state index is 0. The molecule has 0 bridgehead atoms. The highest BCUT2D eigenvalue weighted by Gasteiger charge is 2.00. The van der Waals surface area contributed by atoms with E-state index in [1.54, 1.807) is 14.2 Å². The molecule has 1 aromatic carbocycles. The zero-order valence-corrected chi connectivity index (χ0v) is 17.2. The van der Waals surface area contributed by atoms with Crippen molar-refractivity contribution in [2.75, 3.05) is 54.0 Å². The van der Waals surface area contributed by atoms with E-state index in [2.05, 4.69) is 33.6 Å². The first-order valence-electron chi connectivity index (χ1n) is 7.52. The second-order valence-electron chi connectivity index (χ2n) is 5.10. The highest BCUT2D eigenvalue weighted by atomic mass is 127. The summed E-state index contributed by atoms with van der Waals surface area (Å²) in [7, 11) is 5.58. The van der Waals surface area contributed by atoms with Crippen molar-refractivity contribution in [1.82, 2.24) is 15.5 Å². The lowest BCUT2D eigenvalue weighted by atomic mass is 10.1. The summed E-state index contributed by atoms with van der Waals surface area (Å²) >= 11 is 5.98. The smallest absolute Gasteiger partial charge is 0.191 e. The Hall–Kier alpha value is -0.570. The van der Waals surface area contributed by atoms with Gasteiger partial charge in [-0.25, -0.2) is 0 Å². The summed E-state index contributed by atoms with van der Waals surface area (Å²) in [6.45, 7) is 4.29. The molecule has 0 aliphatic heterocycles. The molecule has 0 aromatic heterocycles. The molecule has 2 N–H and O–H groups in total. The topological polar surface area (TPSA) is 48.9 Å². The van der Waals surface area contributed by atoms with E-state index in [-0.39, 0.29) is 24.0 Å². The Morgan fingerprint density at radius 1 is 1.26 bits per heavy atom. The fourth-order valence-corrected chi connectivity index (χ4v) is 2.18. The van der Waals surface area contributed by atoms with Gasteiger partial charge in [-0.2, -0.15) is 0 Å². The Kier molecular flexibility index (Phi) is 13.5. The molecular formula is C16H28ClIN4O. The maximum atomic E-state index is 5.98. The molecule has 1 aromatic rings. The fourth-order valence-electron chi connectivity index (χ4n) is 1.96. The van der Waals surface area contributed by atoms with Crippen LogP contribution >= 0.6 is 35.6 Å². The Balaban J connectivity index is 0.00000484. The minimum absolute atomic E-state index is 0. The van der Waals surface area contributed by atoms with Gasteiger partial charge in [-0.1, -0.05) is 23.7 Å². The molecule has 23 heavy (non-hydrogen) atoms. The molecule has 7 heteroatoms. The minimum Gasteiger partial charge on any atom is -0.383 e. The van der Waals surface area contributed by atoms with Crippen LogP contribution in [0.3, 0.4) is 0 Å². The van der Waals surface area contributed by atoms with E-state index in [9.17, 15) is 0 Å². The Morgan fingerprint density at radius 2 is 2.00 bits per heavy atom. The molecule has 0 heterocycles. The molecule has 0 fully saturated rings. The zero-order valence-electron chi connectivity index (χ0n) is 14.1. The second-order valence-corrected chi connectivity index (χ2v) is 5.54. The van der Waals surface area contributed by atoms with Crippen LogP contribution in [0.4, 0.5) is 0 Å². The van der Waals surface area contributed by atoms with E-state index in [4.69, 9.17) is 16.3 Å². The standard InChI is InChI=1S/C16H27ClN4O.HI/c1-18-16(20-9-10-21(2)11-12-22-3)19-8-7-14-5-4-6-15(17)13-14;/h4-6,13H,7-12H2,1-3H3,(H2,18,19,20);1H. The first kappa shape index (κ1) is 22.4. The van der Waals surface area contributed by atoms with E-state index in [1.165, 1.54) is 5.56 Å². The van der Waals surface area contributed by atoms with Gasteiger partial charge in [0.25, 0.3) is 0 Å². The fraction of sp³-hybridized carbons (Fsp3) is 0.562. The maximum absolute atomic E-state index is 5.98. The van der Waals surface area contributed by atoms with Crippen LogP contribution in [-0.2, 0) is 11.2 Å². The molecular weight excluding hydrogens is 427 g/mol. The predicted molar refractivity (Wildman–Crippen MR) is 109 cm³/mol. The van der Waals surface area contributed by atoms with Crippen LogP contribution in [0, 0.1) is 0 Å². The number of nitrogens with zero attached hydrogens (tertiary/aromatic N) is 2. The number of hydrogen-bond donors (Lipinski definition) is 2. The van der Waals surface area contributed by atoms with Gasteiger partial charge in [0.1, 0.15) is 0 Å². The number of aliphatic imine (C=N–C) groups is 1. The van der Waals surface area contributed by atoms with Gasteiger partial charge in [-0.15, -0.1) is 24.0 Å². The number of nitrogens with one attached hydrogen (secondary N) is 2. The summed E-state index contributed by atoms with van der Waals surface area (Å²) in [5, 5.41) is 7.39. The Bertz CT molecular complexity index is 459. The van der Waals surface area contributed by atoms with E-state index in [0.717, 1.165) is 50.2 Å². The number of guanidine groups is 1. The van der Waals surface area contributed by atoms with Crippen LogP contribution in [0.1, 0.15) is 5.56 Å². The third-order valence-electron chi connectivity index (χ3n) is 3.28. The lowest BCUT2D eigenvalue weighted by Gasteiger charge is -2.17. The molecule has 0 saturated heterocycles. The normalized spacial score (nSPS) is 11.3. The van der Waals surface area contributed by atoms with E-state index in [1.807, 2.05) is 18.2 Å². The molecule has 1 rings (SSSR count). The number of rotatable bonds is 9. The van der Waals surface area contributed by atoms with Gasteiger partial charge in [0, 0.05) is 45.4 Å². The quantitative estimate of drug-likeness (QED) is 0.341. The lowest BCUT2D eigenvalue weighted by molar-refractivity contribution is 0.162. The summed E-state index contributed by atoms with van der Waals surface area (Å²) in [6.07, 6.45) is 0.912. The maximum Gasteiger partial charge on any atom is 0.191 e. The number of benzene rings is 1. The van der Waals surface area contributed by atoms with Crippen LogP contribution in [0.15, 0.2) is 29.3 Å². The number of likely N-dealkylation sites (N-methyl/N-ethyl adjacent to an activating group) is 1. The zero-order chi connectivity index (χ0) is 16.2. The SMILES string of the molecule is CN=C(NCCc1cccc(Cl)c1)NCCN(C)CCOC.I. The molecule has 0 spiro atoms. The summed E-state index contributed by atoms with van der Waals surface area (Å²) in [5.41, 5.74) is 1.22. The van der Waals surface area contributed by atoms with Crippen molar-refractivity contribution in [3.8, 4) is 0 Å². The lowest BCUT2D eigenvalue weighted by Crippen LogP contribution is -2.42. The molecule has 0 amide bonds. The Labute approximate surface area is 161 Å². The molecule has 132 valence electrons. The molecule has 5 nitrogen and oxygen atoms in total. The predicted octanol–water partition coefficient (Wildman–Crippen LogP) is 2.24. The summed E-state index contributed by atoms with van der Waals surface area (Å²) < 4.78 is 5.06. The molecule has 0 saturated carbocycles. The van der Waals surface area contributed by atoms with Crippen LogP contribution in [-0.4, -0.2) is 64.9 Å². The average Bonchev–Trinajstić information content (AvgIpc) is 2.51. The highest BCUT2D eigenvalue weighted by molar-refractivity contribution is 14.0. The first-order valence-corrected chi connectivity index (χ1v) is 7.90. The second kappa shape index (κ2) is 13.8. The highest BCUT2D eigenvalue weighted by Crippen LogP contribution is 2.10. The van der Waals surface area contributed by atoms with Crippen LogP contribution in [0.2, 0.25) is 5.02 Å². The van der Waals surface area contributed by atoms with Crippen molar-refractivity contribution in [3.05, 3.63) is 34.9 Å². The van der Waals surface area contributed by atoms with Gasteiger partial charge >= 0.3 is 0 Å². The Morgan fingerprint density at radius 3 is 2.65 bits per heavy atom. The molecule has 0 unspecified atom stereocenters. The number of ether oxygens (including phenoxy) is 1. The van der Waals surface area contributed by atoms with Crippen molar-refractivity contribution >= 4 is 41.5 Å². The average molecular weight is 455 g/mol. The van der Waals surface area contributed by atoms with Gasteiger partial charge in [0.05, 0.1) is 6.61 Å².